The van der Waals surface area contributed by atoms with Gasteiger partial charge in [0.15, 0.2) is 0 Å². The Morgan fingerprint density at radius 3 is 2.62 bits per heavy atom. The third kappa shape index (κ3) is 4.51. The van der Waals surface area contributed by atoms with E-state index in [9.17, 15) is 9.18 Å². The smallest absolute Gasteiger partial charge is 0.230 e. The molecular weight excluding hydrogens is 429 g/mol. The Balaban J connectivity index is 1.62. The van der Waals surface area contributed by atoms with Crippen LogP contribution in [0.1, 0.15) is 17.5 Å². The van der Waals surface area contributed by atoms with Gasteiger partial charge in [-0.05, 0) is 72.7 Å². The van der Waals surface area contributed by atoms with Gasteiger partial charge in [0.1, 0.15) is 5.82 Å². The summed E-state index contributed by atoms with van der Waals surface area (Å²) in [5.41, 5.74) is 6.74. The summed E-state index contributed by atoms with van der Waals surface area (Å²) in [6.07, 6.45) is 5.50. The van der Waals surface area contributed by atoms with Crippen molar-refractivity contribution in [2.75, 3.05) is 19.4 Å². The van der Waals surface area contributed by atoms with Crippen molar-refractivity contribution < 1.29 is 9.18 Å². The first kappa shape index (κ1) is 21.7. The van der Waals surface area contributed by atoms with Crippen molar-refractivity contribution in [2.45, 2.75) is 13.0 Å². The Kier molecular flexibility index (Phi) is 5.77. The number of carbonyl (C=O) groups is 1. The van der Waals surface area contributed by atoms with Crippen LogP contribution in [0.3, 0.4) is 0 Å². The van der Waals surface area contributed by atoms with E-state index < -0.39 is 0 Å². The molecule has 7 heteroatoms. The summed E-state index contributed by atoms with van der Waals surface area (Å²) in [4.78, 5) is 23.9. The van der Waals surface area contributed by atoms with Gasteiger partial charge in [-0.3, -0.25) is 9.79 Å². The Bertz CT molecular complexity index is 1370. The number of aliphatic imine (C=N–C) groups is 1. The predicted molar refractivity (Wildman–Crippen MR) is 132 cm³/mol. The lowest BCUT2D eigenvalue weighted by Gasteiger charge is -2.17. The van der Waals surface area contributed by atoms with E-state index in [4.69, 9.17) is 4.99 Å². The fourth-order valence-corrected chi connectivity index (χ4v) is 4.15. The maximum Gasteiger partial charge on any atom is 0.230 e. The second-order valence-electron chi connectivity index (χ2n) is 8.57. The number of benzene rings is 3. The fraction of sp³-hybridized carbons (Fsp3) is 0.148. The van der Waals surface area contributed by atoms with Gasteiger partial charge in [-0.25, -0.2) is 9.37 Å². The highest BCUT2D eigenvalue weighted by atomic mass is 19.1. The Labute approximate surface area is 197 Å². The van der Waals surface area contributed by atoms with Crippen molar-refractivity contribution in [1.82, 2.24) is 14.5 Å². The number of rotatable bonds is 5. The lowest BCUT2D eigenvalue weighted by atomic mass is 9.97. The van der Waals surface area contributed by atoms with Gasteiger partial charge in [0, 0.05) is 24.6 Å². The van der Waals surface area contributed by atoms with Gasteiger partial charge in [-0.1, -0.05) is 24.3 Å². The fourth-order valence-electron chi connectivity index (χ4n) is 4.15. The highest BCUT2D eigenvalue weighted by Gasteiger charge is 2.20. The highest BCUT2D eigenvalue weighted by molar-refractivity contribution is 6.17. The SMILES string of the molecule is CN(C)Cc1cc2c(cc1-c1ccc(F)cc1)NC(=O)CC(c1cccc(-n3ccnc3)c1)=N2. The molecule has 0 spiro atoms. The first-order valence-corrected chi connectivity index (χ1v) is 11.0. The van der Waals surface area contributed by atoms with E-state index in [1.54, 1.807) is 24.7 Å². The van der Waals surface area contributed by atoms with Crippen LogP contribution in [0.25, 0.3) is 16.8 Å². The van der Waals surface area contributed by atoms with Crippen molar-refractivity contribution in [3.63, 3.8) is 0 Å². The number of amides is 1. The summed E-state index contributed by atoms with van der Waals surface area (Å²) in [6.45, 7) is 0.676. The maximum atomic E-state index is 13.5. The van der Waals surface area contributed by atoms with E-state index in [2.05, 4.69) is 15.2 Å². The Morgan fingerprint density at radius 2 is 1.88 bits per heavy atom. The monoisotopic (exact) mass is 453 g/mol. The predicted octanol–water partition coefficient (Wildman–Crippen LogP) is 5.20. The zero-order chi connectivity index (χ0) is 23.7. The van der Waals surface area contributed by atoms with Gasteiger partial charge in [-0.2, -0.15) is 0 Å². The summed E-state index contributed by atoms with van der Waals surface area (Å²) >= 11 is 0. The zero-order valence-corrected chi connectivity index (χ0v) is 19.0. The van der Waals surface area contributed by atoms with Crippen LogP contribution in [-0.2, 0) is 11.3 Å². The van der Waals surface area contributed by atoms with Crippen LogP contribution in [0.15, 0.2) is 84.4 Å². The number of fused-ring (bicyclic) bond motifs is 1. The minimum absolute atomic E-state index is 0.129. The molecule has 34 heavy (non-hydrogen) atoms. The lowest BCUT2D eigenvalue weighted by Crippen LogP contribution is -2.15. The molecule has 1 aromatic heterocycles. The van der Waals surface area contributed by atoms with Crippen molar-refractivity contribution in [3.8, 4) is 16.8 Å². The molecule has 0 atom stereocenters. The number of imidazole rings is 1. The Hall–Kier alpha value is -4.10. The van der Waals surface area contributed by atoms with Crippen LogP contribution in [0.2, 0.25) is 0 Å². The number of carbonyl (C=O) groups excluding carboxylic acids is 1. The number of halogens is 1. The first-order valence-electron chi connectivity index (χ1n) is 11.0. The second kappa shape index (κ2) is 9.03. The number of aromatic nitrogens is 2. The van der Waals surface area contributed by atoms with E-state index in [0.29, 0.717) is 23.6 Å². The van der Waals surface area contributed by atoms with E-state index in [1.165, 1.54) is 12.1 Å². The number of anilines is 1. The molecule has 4 aromatic rings. The maximum absolute atomic E-state index is 13.5. The normalized spacial score (nSPS) is 13.3. The number of hydrogen-bond acceptors (Lipinski definition) is 4. The topological polar surface area (TPSA) is 62.5 Å². The van der Waals surface area contributed by atoms with E-state index in [0.717, 1.165) is 27.9 Å². The Morgan fingerprint density at radius 1 is 1.06 bits per heavy atom. The lowest BCUT2D eigenvalue weighted by molar-refractivity contribution is -0.115. The molecule has 0 unspecified atom stereocenters. The molecule has 1 N–H and O–H groups in total. The zero-order valence-electron chi connectivity index (χ0n) is 19.0. The third-order valence-corrected chi connectivity index (χ3v) is 5.70. The largest absolute Gasteiger partial charge is 0.324 e. The van der Waals surface area contributed by atoms with E-state index in [1.807, 2.05) is 61.3 Å². The van der Waals surface area contributed by atoms with E-state index in [-0.39, 0.29) is 18.1 Å². The van der Waals surface area contributed by atoms with Gasteiger partial charge >= 0.3 is 0 Å². The summed E-state index contributed by atoms with van der Waals surface area (Å²) in [5, 5.41) is 3.01. The third-order valence-electron chi connectivity index (χ3n) is 5.70. The van der Waals surface area contributed by atoms with Gasteiger partial charge in [-0.15, -0.1) is 0 Å². The quantitative estimate of drug-likeness (QED) is 0.452. The molecule has 0 fully saturated rings. The molecule has 1 aliphatic heterocycles. The minimum atomic E-state index is -0.284. The molecule has 1 amide bonds. The van der Waals surface area contributed by atoms with Crippen LogP contribution in [-0.4, -0.2) is 40.2 Å². The molecule has 0 bridgehead atoms. The molecule has 0 radical (unpaired) electrons. The first-order chi connectivity index (χ1) is 16.5. The van der Waals surface area contributed by atoms with Crippen molar-refractivity contribution in [3.05, 3.63) is 96.3 Å². The average Bonchev–Trinajstić information content (AvgIpc) is 3.30. The van der Waals surface area contributed by atoms with Gasteiger partial charge in [0.05, 0.1) is 29.8 Å². The minimum Gasteiger partial charge on any atom is -0.324 e. The number of nitrogens with one attached hydrogen (secondary N) is 1. The molecule has 2 heterocycles. The summed E-state index contributed by atoms with van der Waals surface area (Å²) in [6, 6.07) is 18.3. The van der Waals surface area contributed by atoms with Crippen LogP contribution in [0.4, 0.5) is 15.8 Å². The van der Waals surface area contributed by atoms with Gasteiger partial charge < -0.3 is 14.8 Å². The van der Waals surface area contributed by atoms with Crippen molar-refractivity contribution in [2.24, 2.45) is 4.99 Å². The number of hydrogen-bond donors (Lipinski definition) is 1. The van der Waals surface area contributed by atoms with Crippen LogP contribution in [0, 0.1) is 5.82 Å². The molecule has 1 aliphatic rings. The average molecular weight is 454 g/mol. The van der Waals surface area contributed by atoms with Crippen LogP contribution >= 0.6 is 0 Å². The molecule has 0 aliphatic carbocycles. The van der Waals surface area contributed by atoms with E-state index >= 15 is 0 Å². The molecule has 0 saturated carbocycles. The molecule has 3 aromatic carbocycles. The van der Waals surface area contributed by atoms with Crippen molar-refractivity contribution >= 4 is 23.0 Å². The molecule has 6 nitrogen and oxygen atoms in total. The molecule has 5 rings (SSSR count). The molecular formula is C27H24FN5O. The standard InChI is InChI=1S/C27H24FN5O/c1-32(2)16-20-13-25-26(14-23(20)18-6-8-21(28)9-7-18)31-27(34)15-24(30-25)19-4-3-5-22(12-19)33-11-10-29-17-33/h3-14,17H,15-16H2,1-2H3,(H,31,34). The van der Waals surface area contributed by atoms with Crippen LogP contribution < -0.4 is 5.32 Å². The van der Waals surface area contributed by atoms with Gasteiger partial charge in [0.2, 0.25) is 5.91 Å². The second-order valence-corrected chi connectivity index (χ2v) is 8.57. The molecule has 170 valence electrons. The van der Waals surface area contributed by atoms with Crippen LogP contribution in [0.5, 0.6) is 0 Å². The van der Waals surface area contributed by atoms with Crippen molar-refractivity contribution in [1.29, 1.82) is 0 Å². The summed E-state index contributed by atoms with van der Waals surface area (Å²) in [7, 11) is 4.00. The van der Waals surface area contributed by atoms with Gasteiger partial charge in [0.25, 0.3) is 0 Å². The summed E-state index contributed by atoms with van der Waals surface area (Å²) in [5.74, 6) is -0.413. The summed E-state index contributed by atoms with van der Waals surface area (Å²) < 4.78 is 15.4. The molecule has 0 saturated heterocycles. The highest BCUT2D eigenvalue weighted by Crippen LogP contribution is 2.37. The number of nitrogens with zero attached hydrogens (tertiary/aromatic N) is 4.